The first kappa shape index (κ1) is 25.3. The topological polar surface area (TPSA) is 38.7 Å². The molecule has 0 bridgehead atoms. The summed E-state index contributed by atoms with van der Waals surface area (Å²) in [4.78, 5) is 14.7. The van der Waals surface area contributed by atoms with Gasteiger partial charge >= 0.3 is 0 Å². The number of aromatic nitrogens is 3. The Hall–Kier alpha value is -5.67. The van der Waals surface area contributed by atoms with E-state index >= 15 is 0 Å². The zero-order valence-corrected chi connectivity index (χ0v) is 22.9. The third-order valence-corrected chi connectivity index (χ3v) is 7.38. The lowest BCUT2D eigenvalue weighted by Gasteiger charge is -2.12. The molecule has 0 unspecified atom stereocenters. The monoisotopic (exact) mass is 537 g/mol. The van der Waals surface area contributed by atoms with Crippen molar-refractivity contribution in [2.75, 3.05) is 0 Å². The van der Waals surface area contributed by atoms with Crippen LogP contribution in [-0.4, -0.2) is 15.0 Å². The highest BCUT2D eigenvalue weighted by molar-refractivity contribution is 5.84. The van der Waals surface area contributed by atoms with Crippen LogP contribution < -0.4 is 0 Å². The molecular formula is C39H27N3. The number of hydrogen-bond acceptors (Lipinski definition) is 3. The van der Waals surface area contributed by atoms with Gasteiger partial charge in [0.05, 0.1) is 0 Å². The standard InChI is InChI=1S/C39H27N3/c1-4-12-28(13-5-1)29-20-24-33(25-21-29)38-40-37(32-16-8-3-9-17-32)41-39(42-38)34-26-22-31(23-27-34)36-19-11-10-18-35(36)30-14-6-2-7-15-30/h1-27H. The number of nitrogens with zero attached hydrogens (tertiary/aromatic N) is 3. The molecule has 3 heteroatoms. The van der Waals surface area contributed by atoms with Crippen molar-refractivity contribution in [1.29, 1.82) is 0 Å². The largest absolute Gasteiger partial charge is 0.208 e. The van der Waals surface area contributed by atoms with Crippen LogP contribution in [0.15, 0.2) is 164 Å². The minimum absolute atomic E-state index is 0.647. The molecule has 0 radical (unpaired) electrons. The molecule has 7 aromatic rings. The lowest BCUT2D eigenvalue weighted by Crippen LogP contribution is -2.00. The Balaban J connectivity index is 1.28. The molecule has 3 nitrogen and oxygen atoms in total. The highest BCUT2D eigenvalue weighted by Crippen LogP contribution is 2.33. The van der Waals surface area contributed by atoms with E-state index in [1.165, 1.54) is 22.3 Å². The van der Waals surface area contributed by atoms with Gasteiger partial charge in [-0.15, -0.1) is 0 Å². The highest BCUT2D eigenvalue weighted by atomic mass is 15.0. The average molecular weight is 538 g/mol. The highest BCUT2D eigenvalue weighted by Gasteiger charge is 2.13. The maximum absolute atomic E-state index is 4.95. The summed E-state index contributed by atoms with van der Waals surface area (Å²) in [6.45, 7) is 0. The predicted octanol–water partition coefficient (Wildman–Crippen LogP) is 9.87. The van der Waals surface area contributed by atoms with Gasteiger partial charge in [-0.05, 0) is 33.4 Å². The molecule has 1 heterocycles. The van der Waals surface area contributed by atoms with Crippen molar-refractivity contribution in [2.45, 2.75) is 0 Å². The summed E-state index contributed by atoms with van der Waals surface area (Å²) >= 11 is 0. The minimum Gasteiger partial charge on any atom is -0.208 e. The molecule has 42 heavy (non-hydrogen) atoms. The van der Waals surface area contributed by atoms with Gasteiger partial charge in [-0.3, -0.25) is 0 Å². The summed E-state index contributed by atoms with van der Waals surface area (Å²) in [5, 5.41) is 0. The molecule has 0 amide bonds. The molecule has 1 aromatic heterocycles. The van der Waals surface area contributed by atoms with Gasteiger partial charge in [0.2, 0.25) is 0 Å². The van der Waals surface area contributed by atoms with Crippen LogP contribution in [0, 0.1) is 0 Å². The van der Waals surface area contributed by atoms with Crippen LogP contribution in [0.5, 0.6) is 0 Å². The van der Waals surface area contributed by atoms with Gasteiger partial charge in [-0.2, -0.15) is 0 Å². The van der Waals surface area contributed by atoms with Crippen molar-refractivity contribution in [3.8, 4) is 67.5 Å². The molecule has 0 aliphatic rings. The van der Waals surface area contributed by atoms with Crippen molar-refractivity contribution in [2.24, 2.45) is 0 Å². The Kier molecular flexibility index (Phi) is 6.89. The van der Waals surface area contributed by atoms with E-state index in [-0.39, 0.29) is 0 Å². The van der Waals surface area contributed by atoms with Gasteiger partial charge in [-0.25, -0.2) is 15.0 Å². The molecule has 198 valence electrons. The molecule has 6 aromatic carbocycles. The second-order valence-electron chi connectivity index (χ2n) is 10.1. The summed E-state index contributed by atoms with van der Waals surface area (Å²) in [6.07, 6.45) is 0. The Labute approximate surface area is 245 Å². The lowest BCUT2D eigenvalue weighted by molar-refractivity contribution is 1.07. The molecule has 0 aliphatic carbocycles. The van der Waals surface area contributed by atoms with Crippen molar-refractivity contribution < 1.29 is 0 Å². The summed E-state index contributed by atoms with van der Waals surface area (Å²) in [5.41, 5.74) is 9.92. The molecule has 0 N–H and O–H groups in total. The molecule has 0 fully saturated rings. The average Bonchev–Trinajstić information content (AvgIpc) is 3.09. The fraction of sp³-hybridized carbons (Fsp3) is 0. The van der Waals surface area contributed by atoms with E-state index in [1.54, 1.807) is 0 Å². The smallest absolute Gasteiger partial charge is 0.164 e. The molecule has 0 saturated carbocycles. The van der Waals surface area contributed by atoms with Gasteiger partial charge in [-0.1, -0.05) is 164 Å². The zero-order valence-electron chi connectivity index (χ0n) is 22.9. The zero-order chi connectivity index (χ0) is 28.1. The van der Waals surface area contributed by atoms with Gasteiger partial charge in [0.25, 0.3) is 0 Å². The third-order valence-electron chi connectivity index (χ3n) is 7.38. The Morgan fingerprint density at radius 3 is 0.929 bits per heavy atom. The van der Waals surface area contributed by atoms with E-state index in [1.807, 2.05) is 42.5 Å². The minimum atomic E-state index is 0.647. The Morgan fingerprint density at radius 2 is 0.476 bits per heavy atom. The lowest BCUT2D eigenvalue weighted by atomic mass is 9.94. The third kappa shape index (κ3) is 5.24. The van der Waals surface area contributed by atoms with Crippen molar-refractivity contribution in [3.63, 3.8) is 0 Å². The fourth-order valence-corrected chi connectivity index (χ4v) is 5.20. The van der Waals surface area contributed by atoms with E-state index in [0.29, 0.717) is 17.5 Å². The second kappa shape index (κ2) is 11.4. The van der Waals surface area contributed by atoms with Crippen LogP contribution in [0.4, 0.5) is 0 Å². The van der Waals surface area contributed by atoms with E-state index in [4.69, 9.17) is 15.0 Å². The first-order valence-electron chi connectivity index (χ1n) is 14.0. The van der Waals surface area contributed by atoms with Crippen LogP contribution in [0.2, 0.25) is 0 Å². The van der Waals surface area contributed by atoms with E-state index < -0.39 is 0 Å². The molecule has 0 spiro atoms. The number of hydrogen-bond donors (Lipinski definition) is 0. The number of benzene rings is 6. The van der Waals surface area contributed by atoms with E-state index in [2.05, 4.69) is 121 Å². The Morgan fingerprint density at radius 1 is 0.214 bits per heavy atom. The quantitative estimate of drug-likeness (QED) is 0.212. The molecule has 7 rings (SSSR count). The van der Waals surface area contributed by atoms with Crippen LogP contribution in [0.25, 0.3) is 67.5 Å². The van der Waals surface area contributed by atoms with E-state index in [9.17, 15) is 0 Å². The van der Waals surface area contributed by atoms with Gasteiger partial charge < -0.3 is 0 Å². The maximum Gasteiger partial charge on any atom is 0.164 e. The normalized spacial score (nSPS) is 10.9. The number of rotatable bonds is 6. The van der Waals surface area contributed by atoms with Crippen LogP contribution in [0.1, 0.15) is 0 Å². The molecule has 0 atom stereocenters. The van der Waals surface area contributed by atoms with E-state index in [0.717, 1.165) is 27.8 Å². The fourth-order valence-electron chi connectivity index (χ4n) is 5.20. The first-order valence-corrected chi connectivity index (χ1v) is 14.0. The van der Waals surface area contributed by atoms with Crippen LogP contribution >= 0.6 is 0 Å². The van der Waals surface area contributed by atoms with Crippen LogP contribution in [-0.2, 0) is 0 Å². The summed E-state index contributed by atoms with van der Waals surface area (Å²) in [5.74, 6) is 1.95. The Bertz CT molecular complexity index is 1930. The van der Waals surface area contributed by atoms with Crippen molar-refractivity contribution in [3.05, 3.63) is 164 Å². The van der Waals surface area contributed by atoms with Gasteiger partial charge in [0.1, 0.15) is 0 Å². The van der Waals surface area contributed by atoms with Gasteiger partial charge in [0, 0.05) is 16.7 Å². The summed E-state index contributed by atoms with van der Waals surface area (Å²) in [6, 6.07) is 56.4. The molecule has 0 saturated heterocycles. The first-order chi connectivity index (χ1) is 20.8. The molecular weight excluding hydrogens is 510 g/mol. The molecule has 0 aliphatic heterocycles. The maximum atomic E-state index is 4.95. The van der Waals surface area contributed by atoms with Crippen molar-refractivity contribution >= 4 is 0 Å². The SMILES string of the molecule is c1ccc(-c2ccc(-c3nc(-c4ccccc4)nc(-c4ccc(-c5ccccc5-c5ccccc5)cc4)n3)cc2)cc1. The van der Waals surface area contributed by atoms with Crippen molar-refractivity contribution in [1.82, 2.24) is 15.0 Å². The second-order valence-corrected chi connectivity index (χ2v) is 10.1. The predicted molar refractivity (Wildman–Crippen MR) is 172 cm³/mol. The van der Waals surface area contributed by atoms with Gasteiger partial charge in [0.15, 0.2) is 17.5 Å². The summed E-state index contributed by atoms with van der Waals surface area (Å²) in [7, 11) is 0. The van der Waals surface area contributed by atoms with Crippen LogP contribution in [0.3, 0.4) is 0 Å². The summed E-state index contributed by atoms with van der Waals surface area (Å²) < 4.78 is 0.